The Bertz CT molecular complexity index is 360. The van der Waals surface area contributed by atoms with E-state index in [0.29, 0.717) is 19.6 Å². The number of carbonyl (C=O) groups is 2. The van der Waals surface area contributed by atoms with Crippen molar-refractivity contribution in [1.82, 2.24) is 15.5 Å². The number of amides is 2. The van der Waals surface area contributed by atoms with Gasteiger partial charge >= 0.3 is 12.2 Å². The fourth-order valence-electron chi connectivity index (χ4n) is 2.19. The summed E-state index contributed by atoms with van der Waals surface area (Å²) in [7, 11) is 0. The predicted molar refractivity (Wildman–Crippen MR) is 113 cm³/mol. The molecule has 0 bridgehead atoms. The van der Waals surface area contributed by atoms with Crippen molar-refractivity contribution in [2.75, 3.05) is 19.6 Å². The minimum atomic E-state index is -0.578. The first-order valence-electron chi connectivity index (χ1n) is 9.22. The summed E-state index contributed by atoms with van der Waals surface area (Å²) in [4.78, 5) is 25.4. The zero-order valence-corrected chi connectivity index (χ0v) is 18.8. The van der Waals surface area contributed by atoms with Crippen LogP contribution in [0, 0.1) is 0 Å². The Labute approximate surface area is 176 Å². The SMILES string of the molecule is CCCCNC(=O)OC(C)N(CC(C)N)C(C)OC(=O)NCCCC.Cl.Cl. The van der Waals surface area contributed by atoms with Gasteiger partial charge in [-0.15, -0.1) is 24.8 Å². The highest BCUT2D eigenvalue weighted by Crippen LogP contribution is 2.10. The van der Waals surface area contributed by atoms with Gasteiger partial charge in [-0.1, -0.05) is 26.7 Å². The summed E-state index contributed by atoms with van der Waals surface area (Å²) in [6, 6.07) is -0.164. The van der Waals surface area contributed by atoms with E-state index in [1.165, 1.54) is 0 Å². The lowest BCUT2D eigenvalue weighted by Gasteiger charge is -2.34. The Morgan fingerprint density at radius 2 is 1.26 bits per heavy atom. The van der Waals surface area contributed by atoms with Crippen molar-refractivity contribution < 1.29 is 19.1 Å². The molecular formula is C17H38Cl2N4O4. The number of nitrogens with zero attached hydrogens (tertiary/aromatic N) is 1. The van der Waals surface area contributed by atoms with Gasteiger partial charge in [0, 0.05) is 25.7 Å². The molecule has 4 N–H and O–H groups in total. The number of rotatable bonds is 12. The number of hydrogen-bond acceptors (Lipinski definition) is 6. The van der Waals surface area contributed by atoms with Gasteiger partial charge in [0.05, 0.1) is 0 Å². The smallest absolute Gasteiger partial charge is 0.408 e. The fourth-order valence-corrected chi connectivity index (χ4v) is 2.19. The summed E-state index contributed by atoms with van der Waals surface area (Å²) in [6.45, 7) is 11.0. The molecule has 0 heterocycles. The molecule has 10 heteroatoms. The number of ether oxygens (including phenoxy) is 2. The molecule has 0 aromatic heterocycles. The molecule has 0 aliphatic heterocycles. The summed E-state index contributed by atoms with van der Waals surface area (Å²) in [6.07, 6.45) is 1.63. The normalized spacial score (nSPS) is 13.4. The number of hydrogen-bond donors (Lipinski definition) is 3. The maximum absolute atomic E-state index is 11.8. The van der Waals surface area contributed by atoms with Crippen LogP contribution in [0.25, 0.3) is 0 Å². The molecule has 2 amide bonds. The molecule has 8 nitrogen and oxygen atoms in total. The maximum atomic E-state index is 11.8. The second-order valence-electron chi connectivity index (χ2n) is 6.24. The Kier molecular flexibility index (Phi) is 21.0. The highest BCUT2D eigenvalue weighted by atomic mass is 35.5. The first-order chi connectivity index (χ1) is 11.8. The quantitative estimate of drug-likeness (QED) is 0.322. The third-order valence-corrected chi connectivity index (χ3v) is 3.59. The van der Waals surface area contributed by atoms with Gasteiger partial charge in [-0.3, -0.25) is 0 Å². The molecule has 164 valence electrons. The molecule has 0 saturated carbocycles. The zero-order chi connectivity index (χ0) is 19.2. The van der Waals surface area contributed by atoms with E-state index in [2.05, 4.69) is 10.6 Å². The number of nitrogens with one attached hydrogen (secondary N) is 2. The first kappa shape index (κ1) is 30.8. The molecule has 0 saturated heterocycles. The highest BCUT2D eigenvalue weighted by molar-refractivity contribution is 5.85. The van der Waals surface area contributed by atoms with Crippen molar-refractivity contribution in [2.45, 2.75) is 78.8 Å². The standard InChI is InChI=1S/C17H36N4O4.2ClH/c1-6-8-10-19-16(22)24-14(4)21(12-13(3)18)15(5)25-17(23)20-11-9-7-2;;/h13-15H,6-12,18H2,1-5H3,(H,19,22)(H,20,23);2*1H. The Hall–Kier alpha value is -0.960. The lowest BCUT2D eigenvalue weighted by atomic mass is 10.3. The van der Waals surface area contributed by atoms with E-state index in [-0.39, 0.29) is 30.9 Å². The average Bonchev–Trinajstić information content (AvgIpc) is 2.52. The van der Waals surface area contributed by atoms with Gasteiger partial charge in [-0.05, 0) is 33.6 Å². The van der Waals surface area contributed by atoms with Crippen LogP contribution in [0.5, 0.6) is 0 Å². The van der Waals surface area contributed by atoms with Crippen LogP contribution >= 0.6 is 24.8 Å². The largest absolute Gasteiger partial charge is 0.430 e. The van der Waals surface area contributed by atoms with Gasteiger partial charge in [0.25, 0.3) is 0 Å². The number of unbranched alkanes of at least 4 members (excludes halogenated alkanes) is 2. The molecule has 0 radical (unpaired) electrons. The van der Waals surface area contributed by atoms with Crippen LogP contribution in [-0.2, 0) is 9.47 Å². The topological polar surface area (TPSA) is 106 Å². The lowest BCUT2D eigenvalue weighted by Crippen LogP contribution is -2.50. The summed E-state index contributed by atoms with van der Waals surface area (Å²) in [5.41, 5.74) is 5.87. The molecule has 0 aromatic carbocycles. The second-order valence-corrected chi connectivity index (χ2v) is 6.24. The van der Waals surface area contributed by atoms with E-state index >= 15 is 0 Å². The van der Waals surface area contributed by atoms with Crippen LogP contribution in [0.15, 0.2) is 0 Å². The van der Waals surface area contributed by atoms with Gasteiger partial charge < -0.3 is 25.8 Å². The maximum Gasteiger partial charge on any atom is 0.408 e. The van der Waals surface area contributed by atoms with E-state index in [0.717, 1.165) is 25.7 Å². The summed E-state index contributed by atoms with van der Waals surface area (Å²) in [5.74, 6) is 0. The van der Waals surface area contributed by atoms with Crippen molar-refractivity contribution in [3.63, 3.8) is 0 Å². The molecule has 3 atom stereocenters. The van der Waals surface area contributed by atoms with Crippen molar-refractivity contribution in [3.05, 3.63) is 0 Å². The van der Waals surface area contributed by atoms with Crippen molar-refractivity contribution in [3.8, 4) is 0 Å². The Morgan fingerprint density at radius 3 is 1.56 bits per heavy atom. The van der Waals surface area contributed by atoms with E-state index in [4.69, 9.17) is 15.2 Å². The number of carbonyl (C=O) groups excluding carboxylic acids is 2. The number of alkyl carbamates (subject to hydrolysis) is 2. The summed E-state index contributed by atoms with van der Waals surface area (Å²) in [5, 5.41) is 5.40. The third-order valence-electron chi connectivity index (χ3n) is 3.59. The monoisotopic (exact) mass is 432 g/mol. The van der Waals surface area contributed by atoms with Crippen LogP contribution in [0.1, 0.15) is 60.3 Å². The van der Waals surface area contributed by atoms with E-state index < -0.39 is 24.6 Å². The minimum absolute atomic E-state index is 0. The molecule has 0 rings (SSSR count). The average molecular weight is 433 g/mol. The lowest BCUT2D eigenvalue weighted by molar-refractivity contribution is -0.0932. The molecule has 0 aromatic rings. The van der Waals surface area contributed by atoms with Gasteiger partial charge in [0.1, 0.15) is 0 Å². The highest BCUT2D eigenvalue weighted by Gasteiger charge is 2.26. The van der Waals surface area contributed by atoms with Gasteiger partial charge in [0.15, 0.2) is 12.5 Å². The van der Waals surface area contributed by atoms with Crippen LogP contribution in [0.4, 0.5) is 9.59 Å². The van der Waals surface area contributed by atoms with Crippen molar-refractivity contribution in [2.24, 2.45) is 5.73 Å². The minimum Gasteiger partial charge on any atom is -0.430 e. The zero-order valence-electron chi connectivity index (χ0n) is 17.2. The molecule has 0 aliphatic rings. The van der Waals surface area contributed by atoms with E-state index in [1.54, 1.807) is 18.7 Å². The Balaban J connectivity index is -0.00000288. The summed E-state index contributed by atoms with van der Waals surface area (Å²) >= 11 is 0. The molecule has 3 unspecified atom stereocenters. The predicted octanol–water partition coefficient (Wildman–Crippen LogP) is 3.22. The van der Waals surface area contributed by atoms with E-state index in [1.807, 2.05) is 20.8 Å². The van der Waals surface area contributed by atoms with Crippen LogP contribution in [0.2, 0.25) is 0 Å². The van der Waals surface area contributed by atoms with Crippen LogP contribution in [-0.4, -0.2) is 55.2 Å². The van der Waals surface area contributed by atoms with Gasteiger partial charge in [-0.25, -0.2) is 14.5 Å². The molecular weight excluding hydrogens is 395 g/mol. The van der Waals surface area contributed by atoms with Gasteiger partial charge in [0.2, 0.25) is 0 Å². The molecule has 0 fully saturated rings. The number of nitrogens with two attached hydrogens (primary N) is 1. The van der Waals surface area contributed by atoms with Crippen molar-refractivity contribution in [1.29, 1.82) is 0 Å². The fraction of sp³-hybridized carbons (Fsp3) is 0.882. The van der Waals surface area contributed by atoms with Gasteiger partial charge in [-0.2, -0.15) is 0 Å². The molecule has 0 spiro atoms. The third kappa shape index (κ3) is 15.8. The molecule has 0 aliphatic carbocycles. The van der Waals surface area contributed by atoms with E-state index in [9.17, 15) is 9.59 Å². The Morgan fingerprint density at radius 1 is 0.889 bits per heavy atom. The molecule has 27 heavy (non-hydrogen) atoms. The van der Waals surface area contributed by atoms with Crippen LogP contribution in [0.3, 0.4) is 0 Å². The summed E-state index contributed by atoms with van der Waals surface area (Å²) < 4.78 is 10.7. The second kappa shape index (κ2) is 18.4. The van der Waals surface area contributed by atoms with Crippen molar-refractivity contribution >= 4 is 37.0 Å². The number of halogens is 2. The first-order valence-corrected chi connectivity index (χ1v) is 9.22. The van der Waals surface area contributed by atoms with Crippen LogP contribution < -0.4 is 16.4 Å².